The number of hydrogen-bond acceptors (Lipinski definition) is 1. The third-order valence-electron chi connectivity index (χ3n) is 3.72. The maximum Gasteiger partial charge on any atom is 0.124 e. The molecule has 0 saturated carbocycles. The van der Waals surface area contributed by atoms with Crippen LogP contribution in [-0.2, 0) is 4.74 Å². The molecule has 0 N–H and O–H groups in total. The molecular formula is C19H20O. The van der Waals surface area contributed by atoms with Gasteiger partial charge in [0.15, 0.2) is 0 Å². The Hall–Kier alpha value is -2.02. The van der Waals surface area contributed by atoms with Gasteiger partial charge in [0.25, 0.3) is 0 Å². The van der Waals surface area contributed by atoms with E-state index in [-0.39, 0.29) is 6.10 Å². The molecule has 1 atom stereocenters. The van der Waals surface area contributed by atoms with Gasteiger partial charge >= 0.3 is 0 Å². The molecule has 102 valence electrons. The lowest BCUT2D eigenvalue weighted by atomic mass is 9.91. The molecule has 0 unspecified atom stereocenters. The molecule has 1 heterocycles. The Labute approximate surface area is 120 Å². The summed E-state index contributed by atoms with van der Waals surface area (Å²) in [7, 11) is 0. The first-order valence-corrected chi connectivity index (χ1v) is 7.25. The first-order chi connectivity index (χ1) is 9.74. The molecule has 1 aliphatic rings. The van der Waals surface area contributed by atoms with Crippen LogP contribution < -0.4 is 0 Å². The summed E-state index contributed by atoms with van der Waals surface area (Å²) in [6.45, 7) is 4.48. The highest BCUT2D eigenvalue weighted by Gasteiger charge is 2.20. The van der Waals surface area contributed by atoms with Gasteiger partial charge in [-0.05, 0) is 41.2 Å². The van der Waals surface area contributed by atoms with Gasteiger partial charge < -0.3 is 4.74 Å². The first-order valence-electron chi connectivity index (χ1n) is 7.25. The molecule has 1 nitrogen and oxygen atoms in total. The Bertz CT molecular complexity index is 611. The fourth-order valence-corrected chi connectivity index (χ4v) is 2.71. The third-order valence-corrected chi connectivity index (χ3v) is 3.72. The van der Waals surface area contributed by atoms with Crippen molar-refractivity contribution < 1.29 is 4.74 Å². The second-order valence-corrected chi connectivity index (χ2v) is 5.77. The molecule has 2 aromatic carbocycles. The van der Waals surface area contributed by atoms with Crippen LogP contribution in [0.5, 0.6) is 0 Å². The lowest BCUT2D eigenvalue weighted by Crippen LogP contribution is -2.09. The van der Waals surface area contributed by atoms with Crippen molar-refractivity contribution in [2.45, 2.75) is 26.4 Å². The van der Waals surface area contributed by atoms with Crippen LogP contribution in [0.4, 0.5) is 0 Å². The smallest absolute Gasteiger partial charge is 0.124 e. The lowest BCUT2D eigenvalue weighted by Gasteiger charge is -2.25. The number of ether oxygens (including phenoxy) is 1. The SMILES string of the molecule is CC(C)C[C@@H]1OC=Cc2ccc(-c3ccccc3)cc21. The minimum Gasteiger partial charge on any atom is -0.493 e. The van der Waals surface area contributed by atoms with E-state index < -0.39 is 0 Å². The van der Waals surface area contributed by atoms with E-state index >= 15 is 0 Å². The van der Waals surface area contributed by atoms with Crippen molar-refractivity contribution in [1.82, 2.24) is 0 Å². The first kappa shape index (κ1) is 13.0. The Morgan fingerprint density at radius 1 is 1.00 bits per heavy atom. The highest BCUT2D eigenvalue weighted by Crippen LogP contribution is 2.35. The molecule has 1 heteroatoms. The van der Waals surface area contributed by atoms with Gasteiger partial charge in [-0.15, -0.1) is 0 Å². The summed E-state index contributed by atoms with van der Waals surface area (Å²) in [6.07, 6.45) is 5.12. The van der Waals surface area contributed by atoms with Gasteiger partial charge in [-0.2, -0.15) is 0 Å². The molecule has 0 amide bonds. The lowest BCUT2D eigenvalue weighted by molar-refractivity contribution is 0.121. The normalized spacial score (nSPS) is 16.9. The van der Waals surface area contributed by atoms with Crippen LogP contribution in [0.15, 0.2) is 54.8 Å². The van der Waals surface area contributed by atoms with Crippen molar-refractivity contribution in [1.29, 1.82) is 0 Å². The van der Waals surface area contributed by atoms with Crippen molar-refractivity contribution >= 4 is 6.08 Å². The molecule has 0 radical (unpaired) electrons. The van der Waals surface area contributed by atoms with Crippen LogP contribution >= 0.6 is 0 Å². The van der Waals surface area contributed by atoms with E-state index in [0.29, 0.717) is 5.92 Å². The van der Waals surface area contributed by atoms with Crippen molar-refractivity contribution in [3.05, 3.63) is 65.9 Å². The van der Waals surface area contributed by atoms with Crippen molar-refractivity contribution in [2.75, 3.05) is 0 Å². The molecule has 0 fully saturated rings. The summed E-state index contributed by atoms with van der Waals surface area (Å²) in [6, 6.07) is 17.2. The number of benzene rings is 2. The zero-order valence-corrected chi connectivity index (χ0v) is 12.0. The summed E-state index contributed by atoms with van der Waals surface area (Å²) < 4.78 is 5.83. The van der Waals surface area contributed by atoms with Crippen LogP contribution in [0.2, 0.25) is 0 Å². The molecular weight excluding hydrogens is 244 g/mol. The second kappa shape index (κ2) is 5.54. The van der Waals surface area contributed by atoms with Gasteiger partial charge in [-0.25, -0.2) is 0 Å². The Morgan fingerprint density at radius 3 is 2.55 bits per heavy atom. The summed E-state index contributed by atoms with van der Waals surface area (Å²) in [5.74, 6) is 0.625. The van der Waals surface area contributed by atoms with Crippen molar-refractivity contribution in [3.8, 4) is 11.1 Å². The van der Waals surface area contributed by atoms with E-state index in [0.717, 1.165) is 6.42 Å². The maximum atomic E-state index is 5.83. The number of hydrogen-bond donors (Lipinski definition) is 0. The third kappa shape index (κ3) is 2.62. The van der Waals surface area contributed by atoms with Crippen LogP contribution in [0.1, 0.15) is 37.5 Å². The van der Waals surface area contributed by atoms with Crippen LogP contribution in [0, 0.1) is 5.92 Å². The van der Waals surface area contributed by atoms with Gasteiger partial charge in [0.05, 0.1) is 6.26 Å². The highest BCUT2D eigenvalue weighted by atomic mass is 16.5. The van der Waals surface area contributed by atoms with Crippen molar-refractivity contribution in [2.24, 2.45) is 5.92 Å². The zero-order valence-electron chi connectivity index (χ0n) is 12.0. The molecule has 3 rings (SSSR count). The Kier molecular flexibility index (Phi) is 3.60. The Morgan fingerprint density at radius 2 is 1.80 bits per heavy atom. The number of fused-ring (bicyclic) bond motifs is 1. The summed E-state index contributed by atoms with van der Waals surface area (Å²) in [5.41, 5.74) is 5.11. The van der Waals surface area contributed by atoms with Crippen molar-refractivity contribution in [3.63, 3.8) is 0 Å². The van der Waals surface area contributed by atoms with Gasteiger partial charge in [0.2, 0.25) is 0 Å². The van der Waals surface area contributed by atoms with Gasteiger partial charge in [0.1, 0.15) is 6.10 Å². The highest BCUT2D eigenvalue weighted by molar-refractivity contribution is 5.68. The summed E-state index contributed by atoms with van der Waals surface area (Å²) >= 11 is 0. The quantitative estimate of drug-likeness (QED) is 0.717. The minimum atomic E-state index is 0.179. The molecule has 0 aromatic heterocycles. The molecule has 1 aliphatic heterocycles. The predicted molar refractivity (Wildman–Crippen MR) is 84.2 cm³/mol. The van der Waals surface area contributed by atoms with Gasteiger partial charge in [-0.1, -0.05) is 56.3 Å². The fraction of sp³-hybridized carbons (Fsp3) is 0.263. The number of rotatable bonds is 3. The topological polar surface area (TPSA) is 9.23 Å². The van der Waals surface area contributed by atoms with Crippen LogP contribution in [0.25, 0.3) is 17.2 Å². The van der Waals surface area contributed by atoms with E-state index in [1.165, 1.54) is 22.3 Å². The summed E-state index contributed by atoms with van der Waals surface area (Å²) in [4.78, 5) is 0. The molecule has 20 heavy (non-hydrogen) atoms. The molecule has 2 aromatic rings. The standard InChI is InChI=1S/C19H20O/c1-14(2)12-19-18-13-17(15-6-4-3-5-7-15)9-8-16(18)10-11-20-19/h3-11,13-14,19H,12H2,1-2H3/t19-/m0/s1. The average Bonchev–Trinajstić information content (AvgIpc) is 2.47. The largest absolute Gasteiger partial charge is 0.493 e. The monoisotopic (exact) mass is 264 g/mol. The molecule has 0 saturated heterocycles. The second-order valence-electron chi connectivity index (χ2n) is 5.77. The van der Waals surface area contributed by atoms with E-state index in [1.54, 1.807) is 0 Å². The fourth-order valence-electron chi connectivity index (χ4n) is 2.71. The van der Waals surface area contributed by atoms with E-state index in [2.05, 4.69) is 68.5 Å². The van der Waals surface area contributed by atoms with Crippen LogP contribution in [0.3, 0.4) is 0 Å². The molecule has 0 spiro atoms. The van der Waals surface area contributed by atoms with E-state index in [9.17, 15) is 0 Å². The van der Waals surface area contributed by atoms with Gasteiger partial charge in [0, 0.05) is 5.56 Å². The Balaban J connectivity index is 2.00. The zero-order chi connectivity index (χ0) is 13.9. The maximum absolute atomic E-state index is 5.83. The summed E-state index contributed by atoms with van der Waals surface area (Å²) in [5, 5.41) is 0. The average molecular weight is 264 g/mol. The predicted octanol–water partition coefficient (Wildman–Crippen LogP) is 5.44. The van der Waals surface area contributed by atoms with Gasteiger partial charge in [-0.3, -0.25) is 0 Å². The van der Waals surface area contributed by atoms with Crippen LogP contribution in [-0.4, -0.2) is 0 Å². The van der Waals surface area contributed by atoms with E-state index in [1.807, 2.05) is 6.26 Å². The van der Waals surface area contributed by atoms with E-state index in [4.69, 9.17) is 4.74 Å². The molecule has 0 aliphatic carbocycles. The molecule has 0 bridgehead atoms. The minimum absolute atomic E-state index is 0.179.